The normalized spacial score (nSPS) is 17.1. The number of rotatable bonds is 4. The number of anilines is 1. The van der Waals surface area contributed by atoms with E-state index in [4.69, 9.17) is 10.8 Å². The molecule has 0 spiro atoms. The minimum Gasteiger partial charge on any atom is -0.383 e. The van der Waals surface area contributed by atoms with Crippen LogP contribution in [0.5, 0.6) is 0 Å². The van der Waals surface area contributed by atoms with Gasteiger partial charge in [0.25, 0.3) is 0 Å². The minimum absolute atomic E-state index is 0.0163. The van der Waals surface area contributed by atoms with Crippen molar-refractivity contribution in [3.8, 4) is 0 Å². The molecule has 1 aliphatic rings. The highest BCUT2D eigenvalue weighted by molar-refractivity contribution is 5.94. The Labute approximate surface area is 167 Å². The third-order valence-electron chi connectivity index (χ3n) is 5.08. The summed E-state index contributed by atoms with van der Waals surface area (Å²) in [5, 5.41) is 5.40. The van der Waals surface area contributed by atoms with Crippen molar-refractivity contribution in [1.82, 2.24) is 24.6 Å². The molecule has 1 aromatic carbocycles. The molecule has 2 N–H and O–H groups in total. The summed E-state index contributed by atoms with van der Waals surface area (Å²) >= 11 is 0. The van der Waals surface area contributed by atoms with Crippen molar-refractivity contribution >= 4 is 34.9 Å². The minimum atomic E-state index is -0.287. The van der Waals surface area contributed by atoms with Gasteiger partial charge in [-0.05, 0) is 42.7 Å². The van der Waals surface area contributed by atoms with Crippen molar-refractivity contribution in [2.45, 2.75) is 18.9 Å². The Morgan fingerprint density at radius 2 is 2.03 bits per heavy atom. The van der Waals surface area contributed by atoms with Gasteiger partial charge in [0.2, 0.25) is 5.91 Å². The molecule has 1 amide bonds. The number of nitrogen functional groups attached to an aromatic ring is 1. The highest BCUT2D eigenvalue weighted by Gasteiger charge is 2.27. The summed E-state index contributed by atoms with van der Waals surface area (Å²) in [6.45, 7) is 4.81. The smallest absolute Gasteiger partial charge is 0.246 e. The van der Waals surface area contributed by atoms with Crippen molar-refractivity contribution in [3.63, 3.8) is 0 Å². The predicted molar refractivity (Wildman–Crippen MR) is 110 cm³/mol. The molecule has 2 aromatic heterocycles. The number of carbonyl (C=O) groups is 1. The molecule has 3 heterocycles. The molecule has 1 unspecified atom stereocenters. The first-order chi connectivity index (χ1) is 14.1. The van der Waals surface area contributed by atoms with E-state index < -0.39 is 0 Å². The Balaban J connectivity index is 1.72. The van der Waals surface area contributed by atoms with E-state index >= 15 is 0 Å². The van der Waals surface area contributed by atoms with Crippen molar-refractivity contribution in [1.29, 1.82) is 0 Å². The number of fused-ring (bicyclic) bond motifs is 1. The number of aromatic nitrogens is 4. The lowest BCUT2D eigenvalue weighted by Gasteiger charge is -2.32. The molecule has 3 aromatic rings. The third kappa shape index (κ3) is 3.73. The summed E-state index contributed by atoms with van der Waals surface area (Å²) in [6, 6.07) is 6.16. The molecule has 0 bridgehead atoms. The fourth-order valence-corrected chi connectivity index (χ4v) is 3.63. The molecule has 148 valence electrons. The number of halogens is 1. The standard InChI is InChI=1S/C21H21FN6O/c1-2-18(29)27-11-3-4-16(12-27)28-21-19(20(23)24-13-25-21)17(26-28)10-7-14-5-8-15(22)9-6-14/h2,5-10,13,16H,1,3-4,11-12H2,(H2,23,24,25)/b10-7+. The van der Waals surface area contributed by atoms with E-state index in [1.165, 1.54) is 24.5 Å². The van der Waals surface area contributed by atoms with Crippen molar-refractivity contribution in [3.05, 3.63) is 60.3 Å². The molecule has 0 saturated carbocycles. The number of carbonyl (C=O) groups excluding carboxylic acids is 1. The number of benzene rings is 1. The summed E-state index contributed by atoms with van der Waals surface area (Å²) in [5.41, 5.74) is 8.23. The first-order valence-corrected chi connectivity index (χ1v) is 9.40. The van der Waals surface area contributed by atoms with E-state index in [2.05, 4.69) is 16.5 Å². The molecule has 8 heteroatoms. The van der Waals surface area contributed by atoms with Crippen LogP contribution in [0.1, 0.15) is 30.1 Å². The number of nitrogens with two attached hydrogens (primary N) is 1. The molecule has 1 aliphatic heterocycles. The highest BCUT2D eigenvalue weighted by Crippen LogP contribution is 2.29. The van der Waals surface area contributed by atoms with Crippen LogP contribution in [0.3, 0.4) is 0 Å². The Hall–Kier alpha value is -3.55. The van der Waals surface area contributed by atoms with Crippen LogP contribution in [0.15, 0.2) is 43.2 Å². The SMILES string of the molecule is C=CC(=O)N1CCCC(n2nc(/C=C/c3ccc(F)cc3)c3c(N)ncnc32)C1. The van der Waals surface area contributed by atoms with Crippen molar-refractivity contribution in [2.75, 3.05) is 18.8 Å². The molecule has 1 fully saturated rings. The van der Waals surface area contributed by atoms with Gasteiger partial charge in [-0.3, -0.25) is 4.79 Å². The number of amides is 1. The first kappa shape index (κ1) is 18.8. The summed E-state index contributed by atoms with van der Waals surface area (Å²) in [4.78, 5) is 22.3. The Morgan fingerprint density at radius 3 is 2.79 bits per heavy atom. The molecule has 29 heavy (non-hydrogen) atoms. The zero-order chi connectivity index (χ0) is 20.4. The van der Waals surface area contributed by atoms with E-state index in [9.17, 15) is 9.18 Å². The second kappa shape index (κ2) is 7.83. The molecule has 7 nitrogen and oxygen atoms in total. The van der Waals surface area contributed by atoms with Gasteiger partial charge < -0.3 is 10.6 Å². The van der Waals surface area contributed by atoms with Gasteiger partial charge in [0, 0.05) is 13.1 Å². The van der Waals surface area contributed by atoms with Gasteiger partial charge in [-0.2, -0.15) is 5.10 Å². The summed E-state index contributed by atoms with van der Waals surface area (Å²) < 4.78 is 15.0. The van der Waals surface area contributed by atoms with Crippen LogP contribution in [0.2, 0.25) is 0 Å². The van der Waals surface area contributed by atoms with Gasteiger partial charge in [-0.1, -0.05) is 24.8 Å². The van der Waals surface area contributed by atoms with Gasteiger partial charge in [0.1, 0.15) is 18.0 Å². The van der Waals surface area contributed by atoms with Crippen LogP contribution in [0, 0.1) is 5.82 Å². The Bertz CT molecular complexity index is 1090. The largest absolute Gasteiger partial charge is 0.383 e. The fourth-order valence-electron chi connectivity index (χ4n) is 3.63. The molecule has 1 atom stereocenters. The molecule has 0 radical (unpaired) electrons. The second-order valence-corrected chi connectivity index (χ2v) is 6.96. The number of likely N-dealkylation sites (tertiary alicyclic amines) is 1. The number of hydrogen-bond donors (Lipinski definition) is 1. The van der Waals surface area contributed by atoms with Crippen LogP contribution < -0.4 is 5.73 Å². The lowest BCUT2D eigenvalue weighted by atomic mass is 10.1. The fraction of sp³-hybridized carbons (Fsp3) is 0.238. The summed E-state index contributed by atoms with van der Waals surface area (Å²) in [6.07, 6.45) is 8.16. The maximum atomic E-state index is 13.1. The zero-order valence-corrected chi connectivity index (χ0v) is 15.8. The first-order valence-electron chi connectivity index (χ1n) is 9.40. The number of hydrogen-bond acceptors (Lipinski definition) is 5. The van der Waals surface area contributed by atoms with Gasteiger partial charge in [-0.15, -0.1) is 0 Å². The van der Waals surface area contributed by atoms with Crippen LogP contribution >= 0.6 is 0 Å². The van der Waals surface area contributed by atoms with E-state index in [1.807, 2.05) is 16.8 Å². The average Bonchev–Trinajstić information content (AvgIpc) is 3.13. The predicted octanol–water partition coefficient (Wildman–Crippen LogP) is 3.07. The topological polar surface area (TPSA) is 89.9 Å². The molecule has 4 rings (SSSR count). The maximum absolute atomic E-state index is 13.1. The lowest BCUT2D eigenvalue weighted by molar-refractivity contribution is -0.127. The number of nitrogens with zero attached hydrogens (tertiary/aromatic N) is 5. The molecule has 0 aliphatic carbocycles. The van der Waals surface area contributed by atoms with Crippen LogP contribution in [0.25, 0.3) is 23.2 Å². The van der Waals surface area contributed by atoms with Crippen LogP contribution in [-0.2, 0) is 4.79 Å². The average molecular weight is 392 g/mol. The molecular formula is C21H21FN6O. The van der Waals surface area contributed by atoms with Crippen molar-refractivity contribution < 1.29 is 9.18 Å². The lowest BCUT2D eigenvalue weighted by Crippen LogP contribution is -2.40. The second-order valence-electron chi connectivity index (χ2n) is 6.96. The maximum Gasteiger partial charge on any atom is 0.246 e. The quantitative estimate of drug-likeness (QED) is 0.689. The van der Waals surface area contributed by atoms with Gasteiger partial charge in [0.05, 0.1) is 17.1 Å². The monoisotopic (exact) mass is 392 g/mol. The van der Waals surface area contributed by atoms with Crippen LogP contribution in [-0.4, -0.2) is 43.6 Å². The Morgan fingerprint density at radius 1 is 1.24 bits per heavy atom. The van der Waals surface area contributed by atoms with E-state index in [0.717, 1.165) is 18.4 Å². The van der Waals surface area contributed by atoms with E-state index in [-0.39, 0.29) is 17.8 Å². The molecular weight excluding hydrogens is 371 g/mol. The van der Waals surface area contributed by atoms with Crippen LogP contribution in [0.4, 0.5) is 10.2 Å². The molecule has 1 saturated heterocycles. The van der Waals surface area contributed by atoms with E-state index in [1.54, 1.807) is 17.0 Å². The van der Waals surface area contributed by atoms with Gasteiger partial charge in [0.15, 0.2) is 5.65 Å². The highest BCUT2D eigenvalue weighted by atomic mass is 19.1. The Kier molecular flexibility index (Phi) is 5.07. The third-order valence-corrected chi connectivity index (χ3v) is 5.08. The van der Waals surface area contributed by atoms with Crippen molar-refractivity contribution in [2.24, 2.45) is 0 Å². The summed E-state index contributed by atoms with van der Waals surface area (Å²) in [7, 11) is 0. The van der Waals surface area contributed by atoms with E-state index in [0.29, 0.717) is 35.6 Å². The number of piperidine rings is 1. The van der Waals surface area contributed by atoms with Gasteiger partial charge in [-0.25, -0.2) is 19.0 Å². The van der Waals surface area contributed by atoms with Gasteiger partial charge >= 0.3 is 0 Å². The zero-order valence-electron chi connectivity index (χ0n) is 15.8. The summed E-state index contributed by atoms with van der Waals surface area (Å²) in [5.74, 6) is -0.0305.